The van der Waals surface area contributed by atoms with Crippen molar-refractivity contribution in [1.29, 1.82) is 0 Å². The van der Waals surface area contributed by atoms with E-state index in [0.29, 0.717) is 31.0 Å². The van der Waals surface area contributed by atoms with Gasteiger partial charge in [-0.25, -0.2) is 4.79 Å². The Labute approximate surface area is 192 Å². The molecule has 1 aromatic rings. The van der Waals surface area contributed by atoms with Gasteiger partial charge in [-0.3, -0.25) is 0 Å². The first-order valence-corrected chi connectivity index (χ1v) is 12.8. The highest BCUT2D eigenvalue weighted by Gasteiger charge is 2.44. The van der Waals surface area contributed by atoms with Crippen LogP contribution in [0.25, 0.3) is 0 Å². The Morgan fingerprint density at radius 2 is 2.00 bits per heavy atom. The van der Waals surface area contributed by atoms with Crippen LogP contribution in [0.4, 0.5) is 0 Å². The lowest BCUT2D eigenvalue weighted by Crippen LogP contribution is -2.27. The third-order valence-electron chi connectivity index (χ3n) is 7.77. The van der Waals surface area contributed by atoms with Gasteiger partial charge < -0.3 is 19.3 Å². The van der Waals surface area contributed by atoms with Gasteiger partial charge in [0.25, 0.3) is 0 Å². The van der Waals surface area contributed by atoms with Gasteiger partial charge in [-0.15, -0.1) is 0 Å². The molecule has 0 radical (unpaired) electrons. The van der Waals surface area contributed by atoms with Crippen molar-refractivity contribution in [1.82, 2.24) is 0 Å². The summed E-state index contributed by atoms with van der Waals surface area (Å²) in [5, 5.41) is 10.8. The van der Waals surface area contributed by atoms with Gasteiger partial charge in [-0.2, -0.15) is 0 Å². The minimum atomic E-state index is -0.331. The molecule has 0 aromatic heterocycles. The summed E-state index contributed by atoms with van der Waals surface area (Å²) in [5.74, 6) is 1.97. The second kappa shape index (κ2) is 11.5. The molecule has 5 heteroatoms. The highest BCUT2D eigenvalue weighted by Crippen LogP contribution is 2.48. The molecule has 5 nitrogen and oxygen atoms in total. The minimum absolute atomic E-state index is 0.0651. The van der Waals surface area contributed by atoms with E-state index in [1.165, 1.54) is 49.7 Å². The summed E-state index contributed by atoms with van der Waals surface area (Å²) in [7, 11) is 0. The van der Waals surface area contributed by atoms with Crippen LogP contribution in [-0.2, 0) is 27.1 Å². The Bertz CT molecular complexity index is 742. The Morgan fingerprint density at radius 3 is 2.81 bits per heavy atom. The Balaban J connectivity index is 1.31. The number of hydrogen-bond donors (Lipinski definition) is 1. The Kier molecular flexibility index (Phi) is 8.48. The van der Waals surface area contributed by atoms with Crippen LogP contribution in [0.3, 0.4) is 0 Å². The van der Waals surface area contributed by atoms with E-state index >= 15 is 0 Å². The summed E-state index contributed by atoms with van der Waals surface area (Å²) in [6.07, 6.45) is 12.2. The second-order valence-electron chi connectivity index (χ2n) is 10.0. The first kappa shape index (κ1) is 23.6. The first-order valence-electron chi connectivity index (χ1n) is 12.8. The number of unbranched alkanes of at least 4 members (excludes halogenated alkanes) is 5. The third-order valence-corrected chi connectivity index (χ3v) is 7.77. The molecule has 1 saturated carbocycles. The monoisotopic (exact) mass is 444 g/mol. The van der Waals surface area contributed by atoms with E-state index in [9.17, 15) is 9.90 Å². The standard InChI is InChI=1S/C27H40O5/c1-2-3-4-5-6-7-10-22-23-14-19-9-8-11-26(24(19)15-20(23)16-25(22)28)31-18-27(29)32-21-12-13-30-17-21/h8-9,11,20-23,25,28H,2-7,10,12-18H2,1H3/t20?,21?,22?,23?,25-/m1/s1. The fourth-order valence-corrected chi connectivity index (χ4v) is 6.06. The fraction of sp³-hybridized carbons (Fsp3) is 0.741. The summed E-state index contributed by atoms with van der Waals surface area (Å²) < 4.78 is 16.6. The van der Waals surface area contributed by atoms with Gasteiger partial charge in [0.05, 0.1) is 19.3 Å². The number of hydrogen-bond acceptors (Lipinski definition) is 5. The van der Waals surface area contributed by atoms with Crippen LogP contribution in [0, 0.1) is 17.8 Å². The first-order chi connectivity index (χ1) is 15.7. The molecule has 1 aromatic carbocycles. The molecule has 0 spiro atoms. The van der Waals surface area contributed by atoms with Crippen LogP contribution in [0.2, 0.25) is 0 Å². The minimum Gasteiger partial charge on any atom is -0.482 e. The highest BCUT2D eigenvalue weighted by molar-refractivity contribution is 5.71. The van der Waals surface area contributed by atoms with E-state index < -0.39 is 0 Å². The summed E-state index contributed by atoms with van der Waals surface area (Å²) in [6.45, 7) is 3.32. The van der Waals surface area contributed by atoms with Crippen molar-refractivity contribution in [3.63, 3.8) is 0 Å². The highest BCUT2D eigenvalue weighted by atomic mass is 16.6. The van der Waals surface area contributed by atoms with Crippen LogP contribution in [0.15, 0.2) is 18.2 Å². The van der Waals surface area contributed by atoms with Gasteiger partial charge in [0.15, 0.2) is 6.61 Å². The molecule has 0 bridgehead atoms. The molecular weight excluding hydrogens is 404 g/mol. The maximum Gasteiger partial charge on any atom is 0.344 e. The molecule has 1 N–H and O–H groups in total. The van der Waals surface area contributed by atoms with Crippen LogP contribution in [0.5, 0.6) is 5.75 Å². The van der Waals surface area contributed by atoms with E-state index in [0.717, 1.165) is 37.9 Å². The molecule has 1 saturated heterocycles. The van der Waals surface area contributed by atoms with Crippen LogP contribution in [0.1, 0.15) is 75.8 Å². The number of fused-ring (bicyclic) bond motifs is 2. The maximum atomic E-state index is 12.2. The molecule has 2 aliphatic carbocycles. The lowest BCUT2D eigenvalue weighted by Gasteiger charge is -2.32. The van der Waals surface area contributed by atoms with E-state index in [4.69, 9.17) is 14.2 Å². The summed E-state index contributed by atoms with van der Waals surface area (Å²) in [4.78, 5) is 12.2. The van der Waals surface area contributed by atoms with Gasteiger partial charge in [0.2, 0.25) is 0 Å². The lowest BCUT2D eigenvalue weighted by atomic mass is 9.73. The average molecular weight is 445 g/mol. The van der Waals surface area contributed by atoms with E-state index in [-0.39, 0.29) is 24.8 Å². The molecule has 4 unspecified atom stereocenters. The van der Waals surface area contributed by atoms with E-state index in [2.05, 4.69) is 13.0 Å². The largest absolute Gasteiger partial charge is 0.482 e. The number of carbonyl (C=O) groups excluding carboxylic acids is 1. The van der Waals surface area contributed by atoms with Gasteiger partial charge in [-0.1, -0.05) is 57.6 Å². The Morgan fingerprint density at radius 1 is 1.16 bits per heavy atom. The smallest absolute Gasteiger partial charge is 0.344 e. The van der Waals surface area contributed by atoms with Gasteiger partial charge >= 0.3 is 5.97 Å². The van der Waals surface area contributed by atoms with Gasteiger partial charge in [0, 0.05) is 6.42 Å². The van der Waals surface area contributed by atoms with Crippen LogP contribution < -0.4 is 4.74 Å². The molecule has 32 heavy (non-hydrogen) atoms. The SMILES string of the molecule is CCCCCCCCC1C2Cc3cccc(OCC(=O)OC4CCOC4)c3CC2C[C@H]1O. The van der Waals surface area contributed by atoms with Crippen molar-refractivity contribution < 1.29 is 24.1 Å². The lowest BCUT2D eigenvalue weighted by molar-refractivity contribution is -0.151. The molecular formula is C27H40O5. The second-order valence-corrected chi connectivity index (χ2v) is 10.0. The van der Waals surface area contributed by atoms with Crippen molar-refractivity contribution in [3.8, 4) is 5.75 Å². The zero-order valence-corrected chi connectivity index (χ0v) is 19.6. The number of aliphatic hydroxyl groups excluding tert-OH is 1. The topological polar surface area (TPSA) is 65.0 Å². The predicted octanol–water partition coefficient (Wildman–Crippen LogP) is 4.86. The molecule has 0 amide bonds. The molecule has 5 atom stereocenters. The zero-order chi connectivity index (χ0) is 22.3. The number of esters is 1. The van der Waals surface area contributed by atoms with Crippen LogP contribution in [-0.4, -0.2) is 43.1 Å². The van der Waals surface area contributed by atoms with Crippen molar-refractivity contribution in [2.24, 2.45) is 17.8 Å². The summed E-state index contributed by atoms with van der Waals surface area (Å²) in [6, 6.07) is 6.18. The number of rotatable bonds is 11. The molecule has 1 heterocycles. The zero-order valence-electron chi connectivity index (χ0n) is 19.6. The van der Waals surface area contributed by atoms with Crippen LogP contribution >= 0.6 is 0 Å². The van der Waals surface area contributed by atoms with Crippen molar-refractivity contribution >= 4 is 5.97 Å². The third kappa shape index (κ3) is 5.85. The maximum absolute atomic E-state index is 12.2. The average Bonchev–Trinajstić information content (AvgIpc) is 3.40. The number of aliphatic hydroxyl groups is 1. The van der Waals surface area contributed by atoms with E-state index in [1.54, 1.807) is 0 Å². The summed E-state index contributed by atoms with van der Waals surface area (Å²) in [5.41, 5.74) is 2.54. The number of benzene rings is 1. The normalized spacial score (nSPS) is 28.9. The molecule has 1 aliphatic heterocycles. The quantitative estimate of drug-likeness (QED) is 0.390. The fourth-order valence-electron chi connectivity index (χ4n) is 6.06. The molecule has 3 aliphatic rings. The summed E-state index contributed by atoms with van der Waals surface area (Å²) >= 11 is 0. The van der Waals surface area contributed by atoms with Gasteiger partial charge in [0.1, 0.15) is 11.9 Å². The van der Waals surface area contributed by atoms with E-state index in [1.807, 2.05) is 12.1 Å². The molecule has 4 rings (SSSR count). The molecule has 2 fully saturated rings. The van der Waals surface area contributed by atoms with Crippen molar-refractivity contribution in [2.45, 2.75) is 89.8 Å². The van der Waals surface area contributed by atoms with Gasteiger partial charge in [-0.05, 0) is 60.6 Å². The Hall–Kier alpha value is -1.59. The number of carbonyl (C=O) groups is 1. The predicted molar refractivity (Wildman–Crippen MR) is 124 cm³/mol. The number of ether oxygens (including phenoxy) is 3. The van der Waals surface area contributed by atoms with Crippen molar-refractivity contribution in [2.75, 3.05) is 19.8 Å². The molecule has 178 valence electrons. The van der Waals surface area contributed by atoms with Crippen molar-refractivity contribution in [3.05, 3.63) is 29.3 Å².